The van der Waals surface area contributed by atoms with E-state index in [9.17, 15) is 4.79 Å². The molecular weight excluding hydrogens is 329 g/mol. The van der Waals surface area contributed by atoms with Crippen molar-refractivity contribution in [1.82, 2.24) is 0 Å². The van der Waals surface area contributed by atoms with Gasteiger partial charge in [-0.2, -0.15) is 0 Å². The molecule has 0 amide bonds. The Hall–Kier alpha value is 0.1000. The molecule has 3 nitrogen and oxygen atoms in total. The molecular formula is C9H7Cl5N2O. The van der Waals surface area contributed by atoms with Crippen molar-refractivity contribution in [3.8, 4) is 0 Å². The van der Waals surface area contributed by atoms with Crippen LogP contribution in [-0.4, -0.2) is 15.7 Å². The number of anilines is 1. The van der Waals surface area contributed by atoms with Gasteiger partial charge in [-0.25, -0.2) is 0 Å². The van der Waals surface area contributed by atoms with Crippen LogP contribution in [0.3, 0.4) is 0 Å². The molecule has 1 unspecified atom stereocenters. The lowest BCUT2D eigenvalue weighted by molar-refractivity contribution is -0.111. The van der Waals surface area contributed by atoms with Crippen molar-refractivity contribution >= 4 is 70.0 Å². The van der Waals surface area contributed by atoms with E-state index >= 15 is 0 Å². The molecule has 1 aromatic rings. The van der Waals surface area contributed by atoms with Crippen molar-refractivity contribution in [2.75, 3.05) is 5.32 Å². The van der Waals surface area contributed by atoms with Gasteiger partial charge < -0.3 is 5.32 Å². The zero-order chi connectivity index (χ0) is 13.3. The zero-order valence-corrected chi connectivity index (χ0v) is 12.0. The Bertz CT molecular complexity index is 434. The third-order valence-corrected chi connectivity index (χ3v) is 3.60. The van der Waals surface area contributed by atoms with E-state index < -0.39 is 9.46 Å². The molecule has 0 radical (unpaired) electrons. The monoisotopic (exact) mass is 334 g/mol. The maximum Gasteiger partial charge on any atom is 0.233 e. The standard InChI is InChI=1S/C9H7Cl5N2O/c10-6-2-1-5(3-7(6)11)16-8(15,4-17)9(12,13)14/h1-4,16H,15H2. The van der Waals surface area contributed by atoms with E-state index in [1.165, 1.54) is 12.1 Å². The fourth-order valence-corrected chi connectivity index (χ4v) is 1.55. The van der Waals surface area contributed by atoms with Crippen molar-refractivity contribution < 1.29 is 4.79 Å². The van der Waals surface area contributed by atoms with Gasteiger partial charge in [0.1, 0.15) is 0 Å². The first-order chi connectivity index (χ1) is 7.69. The molecule has 1 aromatic carbocycles. The Morgan fingerprint density at radius 2 is 1.76 bits per heavy atom. The highest BCUT2D eigenvalue weighted by Gasteiger charge is 2.45. The van der Waals surface area contributed by atoms with Gasteiger partial charge in [0.2, 0.25) is 3.79 Å². The average Bonchev–Trinajstić information content (AvgIpc) is 2.22. The summed E-state index contributed by atoms with van der Waals surface area (Å²) in [5.74, 6) is 0. The van der Waals surface area contributed by atoms with Gasteiger partial charge in [0.05, 0.1) is 10.0 Å². The second-order valence-electron chi connectivity index (χ2n) is 3.24. The average molecular weight is 336 g/mol. The highest BCUT2D eigenvalue weighted by Crippen LogP contribution is 2.36. The molecule has 0 aromatic heterocycles. The van der Waals surface area contributed by atoms with E-state index in [2.05, 4.69) is 5.32 Å². The Labute approximate surface area is 123 Å². The van der Waals surface area contributed by atoms with Crippen LogP contribution in [0, 0.1) is 0 Å². The third-order valence-electron chi connectivity index (χ3n) is 1.93. The molecule has 0 aliphatic heterocycles. The minimum Gasteiger partial charge on any atom is -0.358 e. The topological polar surface area (TPSA) is 55.1 Å². The number of rotatable bonds is 3. The summed E-state index contributed by atoms with van der Waals surface area (Å²) in [5.41, 5.74) is 4.18. The number of aldehydes is 1. The van der Waals surface area contributed by atoms with Crippen LogP contribution >= 0.6 is 58.0 Å². The number of nitrogens with two attached hydrogens (primary N) is 1. The van der Waals surface area contributed by atoms with Crippen LogP contribution in [-0.2, 0) is 4.79 Å². The van der Waals surface area contributed by atoms with Gasteiger partial charge in [-0.05, 0) is 18.2 Å². The lowest BCUT2D eigenvalue weighted by Crippen LogP contribution is -2.59. The first kappa shape index (κ1) is 15.2. The normalized spacial score (nSPS) is 15.2. The van der Waals surface area contributed by atoms with Crippen molar-refractivity contribution in [3.63, 3.8) is 0 Å². The minimum absolute atomic E-state index is 0.286. The highest BCUT2D eigenvalue weighted by molar-refractivity contribution is 6.69. The Balaban J connectivity index is 3.03. The number of benzene rings is 1. The van der Waals surface area contributed by atoms with Crippen molar-refractivity contribution in [3.05, 3.63) is 28.2 Å². The second kappa shape index (κ2) is 5.39. The molecule has 1 rings (SSSR count). The summed E-state index contributed by atoms with van der Waals surface area (Å²) in [6.45, 7) is 0. The molecule has 0 spiro atoms. The molecule has 1 atom stereocenters. The van der Waals surface area contributed by atoms with Crippen LogP contribution in [0.2, 0.25) is 10.0 Å². The fraction of sp³-hybridized carbons (Fsp3) is 0.222. The molecule has 3 N–H and O–H groups in total. The molecule has 0 saturated carbocycles. The van der Waals surface area contributed by atoms with E-state index in [4.69, 9.17) is 63.7 Å². The number of carbonyl (C=O) groups is 1. The quantitative estimate of drug-likeness (QED) is 0.503. The van der Waals surface area contributed by atoms with Crippen LogP contribution in [0.4, 0.5) is 5.69 Å². The predicted octanol–water partition coefficient (Wildman–Crippen LogP) is 3.63. The lowest BCUT2D eigenvalue weighted by Gasteiger charge is -2.32. The highest BCUT2D eigenvalue weighted by atomic mass is 35.6. The molecule has 0 bridgehead atoms. The summed E-state index contributed by atoms with van der Waals surface area (Å²) in [5, 5.41) is 3.23. The van der Waals surface area contributed by atoms with Gasteiger partial charge in [0, 0.05) is 5.69 Å². The van der Waals surface area contributed by atoms with Gasteiger partial charge in [-0.3, -0.25) is 10.5 Å². The number of carbonyl (C=O) groups excluding carboxylic acids is 1. The largest absolute Gasteiger partial charge is 0.358 e. The fourth-order valence-electron chi connectivity index (χ4n) is 0.980. The van der Waals surface area contributed by atoms with Crippen molar-refractivity contribution in [2.45, 2.75) is 9.46 Å². The number of halogens is 5. The van der Waals surface area contributed by atoms with Gasteiger partial charge in [-0.1, -0.05) is 58.0 Å². The third kappa shape index (κ3) is 3.53. The molecule has 0 saturated heterocycles. The summed E-state index contributed by atoms with van der Waals surface area (Å²) in [6, 6.07) is 4.54. The maximum atomic E-state index is 10.9. The first-order valence-corrected chi connectivity index (χ1v) is 6.14. The molecule has 0 fully saturated rings. The van der Waals surface area contributed by atoms with Crippen molar-refractivity contribution in [1.29, 1.82) is 0 Å². The number of hydrogen-bond donors (Lipinski definition) is 2. The van der Waals surface area contributed by atoms with E-state index in [1.54, 1.807) is 6.07 Å². The molecule has 0 aliphatic carbocycles. The van der Waals surface area contributed by atoms with Gasteiger partial charge in [0.25, 0.3) is 0 Å². The second-order valence-corrected chi connectivity index (χ2v) is 6.33. The van der Waals surface area contributed by atoms with Crippen LogP contribution in [0.15, 0.2) is 18.2 Å². The van der Waals surface area contributed by atoms with Crippen LogP contribution in [0.25, 0.3) is 0 Å². The summed E-state index contributed by atoms with van der Waals surface area (Å²) < 4.78 is -2.01. The Morgan fingerprint density at radius 3 is 2.18 bits per heavy atom. The van der Waals surface area contributed by atoms with E-state index in [0.717, 1.165) is 0 Å². The molecule has 94 valence electrons. The van der Waals surface area contributed by atoms with E-state index in [-0.39, 0.29) is 5.02 Å². The van der Waals surface area contributed by atoms with Crippen molar-refractivity contribution in [2.24, 2.45) is 5.73 Å². The Morgan fingerprint density at radius 1 is 1.18 bits per heavy atom. The van der Waals surface area contributed by atoms with Crippen LogP contribution in [0.1, 0.15) is 0 Å². The van der Waals surface area contributed by atoms with Crippen LogP contribution in [0.5, 0.6) is 0 Å². The summed E-state index contributed by atoms with van der Waals surface area (Å²) in [7, 11) is 0. The molecule has 8 heteroatoms. The number of nitrogens with one attached hydrogen (secondary N) is 1. The SMILES string of the molecule is NC(C=O)(Nc1ccc(Cl)c(Cl)c1)C(Cl)(Cl)Cl. The molecule has 17 heavy (non-hydrogen) atoms. The molecule has 0 aliphatic rings. The number of alkyl halides is 3. The maximum absolute atomic E-state index is 10.9. The zero-order valence-electron chi connectivity index (χ0n) is 8.18. The van der Waals surface area contributed by atoms with E-state index in [1.807, 2.05) is 0 Å². The van der Waals surface area contributed by atoms with Gasteiger partial charge in [0.15, 0.2) is 11.9 Å². The van der Waals surface area contributed by atoms with Crippen LogP contribution < -0.4 is 11.1 Å². The lowest BCUT2D eigenvalue weighted by atomic mass is 10.2. The summed E-state index contributed by atoms with van der Waals surface area (Å²) in [4.78, 5) is 10.9. The number of hydrogen-bond acceptors (Lipinski definition) is 3. The van der Waals surface area contributed by atoms with Gasteiger partial charge >= 0.3 is 0 Å². The summed E-state index contributed by atoms with van der Waals surface area (Å²) in [6.07, 6.45) is 0.308. The summed E-state index contributed by atoms with van der Waals surface area (Å²) >= 11 is 28.4. The molecule has 0 heterocycles. The smallest absolute Gasteiger partial charge is 0.233 e. The van der Waals surface area contributed by atoms with Gasteiger partial charge in [-0.15, -0.1) is 0 Å². The Kier molecular flexibility index (Phi) is 4.81. The minimum atomic E-state index is -2.01. The van der Waals surface area contributed by atoms with E-state index in [0.29, 0.717) is 17.0 Å². The predicted molar refractivity (Wildman–Crippen MR) is 73.4 cm³/mol. The first-order valence-electron chi connectivity index (χ1n) is 4.25.